The molecule has 1 amide bonds. The molecule has 4 N–H and O–H groups in total. The molecule has 7 heteroatoms. The van der Waals surface area contributed by atoms with E-state index < -0.39 is 17.9 Å². The van der Waals surface area contributed by atoms with Crippen molar-refractivity contribution in [2.45, 2.75) is 53.1 Å². The molecule has 28 heavy (non-hydrogen) atoms. The highest BCUT2D eigenvalue weighted by Crippen LogP contribution is 2.29. The molecular formula is C21H38N2O3S2. The standard InChI is InChI=1S/C21H38N2O3S2/c1-14(2)17(19(24)23-18(20(25)26)11-12-28-6)10-8-15(21(3,4)5)7-9-16(22)13-27/h7-10,14-18,27H,11-13,22H2,1-6H3,(H,23,24)(H,25,26)/b9-7+,10-8+/t15-,16?,17?,18-/m1/s1. The quantitative estimate of drug-likeness (QED) is 0.280. The molecule has 0 aromatic heterocycles. The van der Waals surface area contributed by atoms with Gasteiger partial charge in [0.25, 0.3) is 0 Å². The van der Waals surface area contributed by atoms with Crippen molar-refractivity contribution in [1.82, 2.24) is 5.32 Å². The first-order valence-electron chi connectivity index (χ1n) is 9.69. The molecule has 0 heterocycles. The van der Waals surface area contributed by atoms with Crippen molar-refractivity contribution in [1.29, 1.82) is 0 Å². The fraction of sp³-hybridized carbons (Fsp3) is 0.714. The summed E-state index contributed by atoms with van der Waals surface area (Å²) in [6, 6.07) is -0.972. The number of carbonyl (C=O) groups excluding carboxylic acids is 1. The van der Waals surface area contributed by atoms with Crippen molar-refractivity contribution in [3.05, 3.63) is 24.3 Å². The maximum Gasteiger partial charge on any atom is 0.326 e. The van der Waals surface area contributed by atoms with Crippen LogP contribution in [0.2, 0.25) is 0 Å². The maximum absolute atomic E-state index is 12.8. The van der Waals surface area contributed by atoms with Gasteiger partial charge < -0.3 is 16.2 Å². The third kappa shape index (κ3) is 10.6. The Morgan fingerprint density at radius 3 is 2.18 bits per heavy atom. The van der Waals surface area contributed by atoms with Gasteiger partial charge in [0, 0.05) is 11.8 Å². The van der Waals surface area contributed by atoms with Crippen LogP contribution < -0.4 is 11.1 Å². The van der Waals surface area contributed by atoms with E-state index in [9.17, 15) is 14.7 Å². The SMILES string of the molecule is CSCC[C@@H](NC(=O)C(/C=C/[C@@H](/C=C/C(N)CS)C(C)(C)C)C(C)C)C(=O)O. The molecule has 2 unspecified atom stereocenters. The Kier molecular flexibility index (Phi) is 12.9. The molecular weight excluding hydrogens is 392 g/mol. The van der Waals surface area contributed by atoms with Crippen LogP contribution in [0.15, 0.2) is 24.3 Å². The van der Waals surface area contributed by atoms with Crippen LogP contribution in [0.5, 0.6) is 0 Å². The lowest BCUT2D eigenvalue weighted by molar-refractivity contribution is -0.142. The summed E-state index contributed by atoms with van der Waals surface area (Å²) in [7, 11) is 0. The summed E-state index contributed by atoms with van der Waals surface area (Å²) in [4.78, 5) is 24.2. The molecule has 162 valence electrons. The summed E-state index contributed by atoms with van der Waals surface area (Å²) < 4.78 is 0. The summed E-state index contributed by atoms with van der Waals surface area (Å²) in [5, 5.41) is 12.1. The van der Waals surface area contributed by atoms with Crippen molar-refractivity contribution in [2.24, 2.45) is 28.9 Å². The number of allylic oxidation sites excluding steroid dienone is 2. The molecule has 0 saturated carbocycles. The van der Waals surface area contributed by atoms with Crippen molar-refractivity contribution in [3.8, 4) is 0 Å². The van der Waals surface area contributed by atoms with E-state index in [-0.39, 0.29) is 29.2 Å². The van der Waals surface area contributed by atoms with Gasteiger partial charge in [0.2, 0.25) is 5.91 Å². The van der Waals surface area contributed by atoms with Gasteiger partial charge in [-0.1, -0.05) is 58.9 Å². The molecule has 0 aliphatic heterocycles. The molecule has 5 nitrogen and oxygen atoms in total. The lowest BCUT2D eigenvalue weighted by atomic mass is 9.79. The summed E-state index contributed by atoms with van der Waals surface area (Å²) >= 11 is 5.77. The van der Waals surface area contributed by atoms with Gasteiger partial charge in [-0.3, -0.25) is 4.79 Å². The highest BCUT2D eigenvalue weighted by atomic mass is 32.2. The Bertz CT molecular complexity index is 542. The topological polar surface area (TPSA) is 92.4 Å². The van der Waals surface area contributed by atoms with Gasteiger partial charge in [0.15, 0.2) is 0 Å². The highest BCUT2D eigenvalue weighted by Gasteiger charge is 2.27. The zero-order valence-corrected chi connectivity index (χ0v) is 19.7. The van der Waals surface area contributed by atoms with Gasteiger partial charge in [-0.05, 0) is 35.7 Å². The van der Waals surface area contributed by atoms with Crippen LogP contribution in [-0.2, 0) is 9.59 Å². The fourth-order valence-electron chi connectivity index (χ4n) is 2.58. The lowest BCUT2D eigenvalue weighted by Crippen LogP contribution is -2.44. The number of rotatable bonds is 12. The van der Waals surface area contributed by atoms with Crippen molar-refractivity contribution in [3.63, 3.8) is 0 Å². The first-order valence-corrected chi connectivity index (χ1v) is 11.7. The highest BCUT2D eigenvalue weighted by molar-refractivity contribution is 7.98. The van der Waals surface area contributed by atoms with E-state index in [0.717, 1.165) is 0 Å². The number of amides is 1. The molecule has 0 aromatic rings. The van der Waals surface area contributed by atoms with Crippen LogP contribution >= 0.6 is 24.4 Å². The maximum atomic E-state index is 12.8. The number of aliphatic carboxylic acids is 1. The molecule has 0 fully saturated rings. The lowest BCUT2D eigenvalue weighted by Gasteiger charge is -2.27. The molecule has 0 aromatic carbocycles. The van der Waals surface area contributed by atoms with Gasteiger partial charge in [0.05, 0.1) is 5.92 Å². The van der Waals surface area contributed by atoms with Crippen LogP contribution in [0.1, 0.15) is 41.0 Å². The predicted molar refractivity (Wildman–Crippen MR) is 124 cm³/mol. The zero-order chi connectivity index (χ0) is 21.9. The molecule has 0 spiro atoms. The predicted octanol–water partition coefficient (Wildman–Crippen LogP) is 3.61. The first kappa shape index (κ1) is 27.1. The number of thioether (sulfide) groups is 1. The van der Waals surface area contributed by atoms with E-state index in [0.29, 0.717) is 17.9 Å². The van der Waals surface area contributed by atoms with Crippen LogP contribution in [0.25, 0.3) is 0 Å². The Morgan fingerprint density at radius 1 is 1.18 bits per heavy atom. The molecule has 0 bridgehead atoms. The Labute approximate surface area is 180 Å². The van der Waals surface area contributed by atoms with E-state index in [4.69, 9.17) is 5.73 Å². The summed E-state index contributed by atoms with van der Waals surface area (Å²) in [6.07, 6.45) is 10.3. The van der Waals surface area contributed by atoms with Crippen LogP contribution in [0.4, 0.5) is 0 Å². The largest absolute Gasteiger partial charge is 0.480 e. The minimum atomic E-state index is -0.995. The third-order valence-electron chi connectivity index (χ3n) is 4.55. The number of carboxylic acid groups (broad SMARTS) is 1. The molecule has 0 aliphatic rings. The average Bonchev–Trinajstić information content (AvgIpc) is 2.59. The number of hydrogen-bond acceptors (Lipinski definition) is 5. The summed E-state index contributed by atoms with van der Waals surface area (Å²) in [6.45, 7) is 10.3. The number of carbonyl (C=O) groups is 2. The van der Waals surface area contributed by atoms with Crippen LogP contribution in [-0.4, -0.2) is 46.8 Å². The third-order valence-corrected chi connectivity index (χ3v) is 5.61. The second kappa shape index (κ2) is 13.3. The van der Waals surface area contributed by atoms with E-state index in [2.05, 4.69) is 44.8 Å². The molecule has 0 rings (SSSR count). The number of nitrogens with one attached hydrogen (secondary N) is 1. The van der Waals surface area contributed by atoms with Crippen LogP contribution in [0, 0.1) is 23.2 Å². The fourth-order valence-corrected chi connectivity index (χ4v) is 3.17. The van der Waals surface area contributed by atoms with Crippen LogP contribution in [0.3, 0.4) is 0 Å². The molecule has 0 saturated heterocycles. The zero-order valence-electron chi connectivity index (χ0n) is 18.0. The second-order valence-corrected chi connectivity index (χ2v) is 9.81. The summed E-state index contributed by atoms with van der Waals surface area (Å²) in [5.74, 6) is -0.237. The molecule has 0 aliphatic carbocycles. The van der Waals surface area contributed by atoms with Crippen molar-refractivity contribution < 1.29 is 14.7 Å². The van der Waals surface area contributed by atoms with Gasteiger partial charge in [-0.15, -0.1) is 0 Å². The minimum Gasteiger partial charge on any atom is -0.480 e. The average molecular weight is 431 g/mol. The molecule has 4 atom stereocenters. The summed E-state index contributed by atoms with van der Waals surface area (Å²) in [5.41, 5.74) is 5.89. The van der Waals surface area contributed by atoms with Crippen molar-refractivity contribution >= 4 is 36.3 Å². The van der Waals surface area contributed by atoms with Gasteiger partial charge in [-0.25, -0.2) is 4.79 Å². The van der Waals surface area contributed by atoms with Crippen molar-refractivity contribution in [2.75, 3.05) is 17.8 Å². The van der Waals surface area contributed by atoms with E-state index in [1.807, 2.05) is 38.3 Å². The first-order chi connectivity index (χ1) is 12.9. The number of thiol groups is 1. The van der Waals surface area contributed by atoms with Gasteiger partial charge in [0.1, 0.15) is 6.04 Å². The Hall–Kier alpha value is -0.920. The van der Waals surface area contributed by atoms with Gasteiger partial charge in [-0.2, -0.15) is 24.4 Å². The Balaban J connectivity index is 5.39. The number of hydrogen-bond donors (Lipinski definition) is 4. The molecule has 0 radical (unpaired) electrons. The van der Waals surface area contributed by atoms with E-state index >= 15 is 0 Å². The normalized spacial score (nSPS) is 17.0. The minimum absolute atomic E-state index is 0.0384. The van der Waals surface area contributed by atoms with E-state index in [1.54, 1.807) is 11.8 Å². The smallest absolute Gasteiger partial charge is 0.326 e. The monoisotopic (exact) mass is 430 g/mol. The second-order valence-electron chi connectivity index (χ2n) is 8.46. The number of nitrogens with two attached hydrogens (primary N) is 1. The van der Waals surface area contributed by atoms with Gasteiger partial charge >= 0.3 is 5.97 Å². The van der Waals surface area contributed by atoms with E-state index in [1.165, 1.54) is 0 Å². The Morgan fingerprint density at radius 2 is 1.75 bits per heavy atom. The number of carboxylic acids is 1.